The summed E-state index contributed by atoms with van der Waals surface area (Å²) in [4.78, 5) is 0. The Bertz CT molecular complexity index is 629. The van der Waals surface area contributed by atoms with Crippen molar-refractivity contribution in [2.75, 3.05) is 25.5 Å². The van der Waals surface area contributed by atoms with Crippen molar-refractivity contribution in [1.82, 2.24) is 10.3 Å². The standard InChI is InChI=1S/C20H32FN5/c1-4-11-24-18-9-8-15(13-16(18)22)17(10-12-26(3)23)25-19-7-5-6-14(2)20(19)21/h4-8,16-18,24-25H,1,9-13,22-23H2,2-3H3/t16-,17?,18?/m1/s1. The van der Waals surface area contributed by atoms with Crippen molar-refractivity contribution in [3.63, 3.8) is 0 Å². The number of hydrogen-bond donors (Lipinski definition) is 4. The third-order valence-corrected chi connectivity index (χ3v) is 4.89. The molecule has 0 radical (unpaired) electrons. The summed E-state index contributed by atoms with van der Waals surface area (Å²) < 4.78 is 14.4. The molecule has 0 heterocycles. The maximum atomic E-state index is 14.4. The number of nitrogens with two attached hydrogens (primary N) is 2. The van der Waals surface area contributed by atoms with E-state index in [0.717, 1.165) is 25.8 Å². The first-order valence-corrected chi connectivity index (χ1v) is 9.18. The van der Waals surface area contributed by atoms with Crippen LogP contribution in [0.25, 0.3) is 0 Å². The third-order valence-electron chi connectivity index (χ3n) is 4.89. The molecule has 0 aromatic heterocycles. The molecule has 0 spiro atoms. The molecule has 2 unspecified atom stereocenters. The fourth-order valence-electron chi connectivity index (χ4n) is 3.33. The molecule has 2 rings (SSSR count). The van der Waals surface area contributed by atoms with Gasteiger partial charge in [-0.2, -0.15) is 0 Å². The Hall–Kier alpha value is -1.73. The summed E-state index contributed by atoms with van der Waals surface area (Å²) in [5.74, 6) is 5.59. The van der Waals surface area contributed by atoms with Crippen LogP contribution in [0.15, 0.2) is 42.5 Å². The minimum absolute atomic E-state index is 0.00343. The lowest BCUT2D eigenvalue weighted by molar-refractivity contribution is 0.334. The molecule has 0 amide bonds. The number of rotatable bonds is 9. The van der Waals surface area contributed by atoms with Crippen LogP contribution in [0.3, 0.4) is 0 Å². The molecule has 1 aliphatic carbocycles. The predicted octanol–water partition coefficient (Wildman–Crippen LogP) is 2.30. The summed E-state index contributed by atoms with van der Waals surface area (Å²) in [7, 11) is 1.83. The van der Waals surface area contributed by atoms with Crippen molar-refractivity contribution in [2.45, 2.75) is 44.3 Å². The molecule has 144 valence electrons. The normalized spacial score (nSPS) is 21.4. The Labute approximate surface area is 156 Å². The average molecular weight is 362 g/mol. The molecular formula is C20H32FN5. The quantitative estimate of drug-likeness (QED) is 0.308. The number of anilines is 1. The highest BCUT2D eigenvalue weighted by Gasteiger charge is 2.26. The van der Waals surface area contributed by atoms with E-state index in [1.54, 1.807) is 24.1 Å². The first kappa shape index (κ1) is 20.6. The van der Waals surface area contributed by atoms with Crippen LogP contribution in [0.1, 0.15) is 24.8 Å². The van der Waals surface area contributed by atoms with E-state index in [2.05, 4.69) is 23.3 Å². The topological polar surface area (TPSA) is 79.3 Å². The van der Waals surface area contributed by atoms with Gasteiger partial charge in [-0.1, -0.05) is 29.9 Å². The highest BCUT2D eigenvalue weighted by atomic mass is 19.1. The van der Waals surface area contributed by atoms with Crippen LogP contribution >= 0.6 is 0 Å². The zero-order chi connectivity index (χ0) is 19.1. The molecule has 1 aromatic carbocycles. The Morgan fingerprint density at radius 1 is 1.46 bits per heavy atom. The number of benzene rings is 1. The SMILES string of the molecule is C=CCNC1CC=C(C(CCN(C)N)Nc2cccc(C)c2F)C[C@H]1N. The number of halogens is 1. The van der Waals surface area contributed by atoms with E-state index in [0.29, 0.717) is 17.8 Å². The zero-order valence-corrected chi connectivity index (χ0v) is 15.8. The molecule has 0 bridgehead atoms. The van der Waals surface area contributed by atoms with E-state index in [-0.39, 0.29) is 23.9 Å². The van der Waals surface area contributed by atoms with Crippen molar-refractivity contribution < 1.29 is 4.39 Å². The van der Waals surface area contributed by atoms with Crippen LogP contribution in [-0.4, -0.2) is 43.3 Å². The van der Waals surface area contributed by atoms with Crippen molar-refractivity contribution >= 4 is 5.69 Å². The molecule has 26 heavy (non-hydrogen) atoms. The monoisotopic (exact) mass is 361 g/mol. The van der Waals surface area contributed by atoms with Crippen LogP contribution in [0.5, 0.6) is 0 Å². The number of nitrogens with one attached hydrogen (secondary N) is 2. The van der Waals surface area contributed by atoms with E-state index in [1.807, 2.05) is 19.2 Å². The Kier molecular flexibility index (Phi) is 7.78. The lowest BCUT2D eigenvalue weighted by atomic mass is 9.86. The van der Waals surface area contributed by atoms with Crippen LogP contribution in [-0.2, 0) is 0 Å². The van der Waals surface area contributed by atoms with E-state index in [1.165, 1.54) is 5.57 Å². The van der Waals surface area contributed by atoms with E-state index >= 15 is 0 Å². The van der Waals surface area contributed by atoms with Gasteiger partial charge in [0.2, 0.25) is 0 Å². The number of aryl methyl sites for hydroxylation is 1. The van der Waals surface area contributed by atoms with Gasteiger partial charge >= 0.3 is 0 Å². The number of hydrogen-bond acceptors (Lipinski definition) is 5. The Morgan fingerprint density at radius 2 is 2.23 bits per heavy atom. The Balaban J connectivity index is 2.15. The van der Waals surface area contributed by atoms with Gasteiger partial charge < -0.3 is 16.4 Å². The average Bonchev–Trinajstić information content (AvgIpc) is 2.61. The van der Waals surface area contributed by atoms with Crippen LogP contribution in [0.2, 0.25) is 0 Å². The summed E-state index contributed by atoms with van der Waals surface area (Å²) in [5.41, 5.74) is 8.75. The van der Waals surface area contributed by atoms with E-state index < -0.39 is 0 Å². The molecule has 0 fully saturated rings. The maximum Gasteiger partial charge on any atom is 0.149 e. The highest BCUT2D eigenvalue weighted by Crippen LogP contribution is 2.26. The molecule has 3 atom stereocenters. The first-order valence-electron chi connectivity index (χ1n) is 9.18. The largest absolute Gasteiger partial charge is 0.376 e. The second kappa shape index (κ2) is 9.83. The van der Waals surface area contributed by atoms with Gasteiger partial charge in [-0.15, -0.1) is 6.58 Å². The second-order valence-electron chi connectivity index (χ2n) is 7.09. The summed E-state index contributed by atoms with van der Waals surface area (Å²) in [6, 6.07) is 5.68. The molecule has 0 aliphatic heterocycles. The summed E-state index contributed by atoms with van der Waals surface area (Å²) in [6.07, 6.45) is 6.48. The van der Waals surface area contributed by atoms with Gasteiger partial charge in [0.15, 0.2) is 0 Å². The van der Waals surface area contributed by atoms with Crippen molar-refractivity contribution in [3.8, 4) is 0 Å². The molecule has 1 aromatic rings. The Morgan fingerprint density at radius 3 is 2.88 bits per heavy atom. The zero-order valence-electron chi connectivity index (χ0n) is 15.8. The lowest BCUT2D eigenvalue weighted by Crippen LogP contribution is -2.48. The molecule has 0 saturated heterocycles. The smallest absolute Gasteiger partial charge is 0.149 e. The fraction of sp³-hybridized carbons (Fsp3) is 0.500. The van der Waals surface area contributed by atoms with Gasteiger partial charge in [0.1, 0.15) is 5.82 Å². The summed E-state index contributed by atoms with van der Waals surface area (Å²) >= 11 is 0. The van der Waals surface area contributed by atoms with Crippen LogP contribution in [0.4, 0.5) is 10.1 Å². The van der Waals surface area contributed by atoms with Crippen molar-refractivity contribution in [2.24, 2.45) is 11.6 Å². The summed E-state index contributed by atoms with van der Waals surface area (Å²) in [6.45, 7) is 6.96. The minimum atomic E-state index is -0.204. The molecule has 6 heteroatoms. The number of hydrazine groups is 1. The lowest BCUT2D eigenvalue weighted by Gasteiger charge is -2.33. The number of nitrogens with zero attached hydrogens (tertiary/aromatic N) is 1. The predicted molar refractivity (Wildman–Crippen MR) is 107 cm³/mol. The van der Waals surface area contributed by atoms with Crippen molar-refractivity contribution in [1.29, 1.82) is 0 Å². The van der Waals surface area contributed by atoms with Gasteiger partial charge in [0.25, 0.3) is 0 Å². The fourth-order valence-corrected chi connectivity index (χ4v) is 3.33. The summed E-state index contributed by atoms with van der Waals surface area (Å²) in [5, 5.41) is 8.43. The molecule has 0 saturated carbocycles. The highest BCUT2D eigenvalue weighted by molar-refractivity contribution is 5.50. The first-order chi connectivity index (χ1) is 12.4. The van der Waals surface area contributed by atoms with Gasteiger partial charge in [-0.05, 0) is 37.8 Å². The molecule has 1 aliphatic rings. The van der Waals surface area contributed by atoms with Crippen molar-refractivity contribution in [3.05, 3.63) is 53.9 Å². The second-order valence-corrected chi connectivity index (χ2v) is 7.09. The van der Waals surface area contributed by atoms with Crippen LogP contribution < -0.4 is 22.2 Å². The molecule has 6 N–H and O–H groups in total. The maximum absolute atomic E-state index is 14.4. The van der Waals surface area contributed by atoms with Gasteiger partial charge in [-0.25, -0.2) is 4.39 Å². The third kappa shape index (κ3) is 5.64. The van der Waals surface area contributed by atoms with E-state index in [9.17, 15) is 4.39 Å². The van der Waals surface area contributed by atoms with Gasteiger partial charge in [-0.3, -0.25) is 10.9 Å². The minimum Gasteiger partial charge on any atom is -0.376 e. The van der Waals surface area contributed by atoms with Crippen LogP contribution in [0, 0.1) is 12.7 Å². The molecule has 5 nitrogen and oxygen atoms in total. The van der Waals surface area contributed by atoms with Gasteiger partial charge in [0.05, 0.1) is 5.69 Å². The molecular weight excluding hydrogens is 329 g/mol. The van der Waals surface area contributed by atoms with E-state index in [4.69, 9.17) is 11.6 Å². The van der Waals surface area contributed by atoms with Gasteiger partial charge in [0, 0.05) is 38.3 Å².